The minimum Gasteiger partial charge on any atom is -0.441 e. The molecule has 2 aromatic carbocycles. The molecule has 0 aliphatic carbocycles. The van der Waals surface area contributed by atoms with E-state index in [0.29, 0.717) is 6.54 Å². The Hall–Kier alpha value is -3.38. The van der Waals surface area contributed by atoms with Crippen LogP contribution in [0.4, 0.5) is 10.5 Å². The van der Waals surface area contributed by atoms with Crippen molar-refractivity contribution in [2.45, 2.75) is 19.3 Å². The molecule has 0 saturated carbocycles. The molecule has 1 aliphatic heterocycles. The van der Waals surface area contributed by atoms with Gasteiger partial charge in [-0.2, -0.15) is 0 Å². The Morgan fingerprint density at radius 2 is 1.72 bits per heavy atom. The second-order valence-corrected chi connectivity index (χ2v) is 8.32. The van der Waals surface area contributed by atoms with Crippen LogP contribution in [-0.2, 0) is 6.42 Å². The van der Waals surface area contributed by atoms with Crippen LogP contribution in [0, 0.1) is 0 Å². The Kier molecular flexibility index (Phi) is 5.77. The number of hydrogen-bond donors (Lipinski definition) is 0. The fraction of sp³-hybridized carbons (Fsp3) is 0.240. The molecular formula is C25H23ClN4O2. The van der Waals surface area contributed by atoms with E-state index in [1.165, 1.54) is 0 Å². The van der Waals surface area contributed by atoms with Crippen molar-refractivity contribution in [2.24, 2.45) is 0 Å². The van der Waals surface area contributed by atoms with Crippen molar-refractivity contribution < 1.29 is 9.21 Å². The van der Waals surface area contributed by atoms with Gasteiger partial charge in [-0.05, 0) is 60.4 Å². The van der Waals surface area contributed by atoms with E-state index in [9.17, 15) is 4.79 Å². The number of halogens is 1. The van der Waals surface area contributed by atoms with Gasteiger partial charge in [-0.3, -0.25) is 9.88 Å². The zero-order valence-corrected chi connectivity index (χ0v) is 18.3. The molecule has 0 unspecified atom stereocenters. The molecule has 2 amide bonds. The van der Waals surface area contributed by atoms with E-state index in [1.54, 1.807) is 17.3 Å². The zero-order valence-electron chi connectivity index (χ0n) is 17.6. The Morgan fingerprint density at radius 3 is 2.53 bits per heavy atom. The summed E-state index contributed by atoms with van der Waals surface area (Å²) in [4.78, 5) is 25.0. The van der Waals surface area contributed by atoms with Crippen molar-refractivity contribution in [1.82, 2.24) is 14.9 Å². The van der Waals surface area contributed by atoms with Crippen LogP contribution in [0.2, 0.25) is 5.02 Å². The quantitative estimate of drug-likeness (QED) is 0.336. The van der Waals surface area contributed by atoms with Crippen molar-refractivity contribution in [2.75, 3.05) is 24.5 Å². The third-order valence-electron chi connectivity index (χ3n) is 5.75. The molecule has 32 heavy (non-hydrogen) atoms. The standard InChI is InChI=1S/C25H23ClN4O2/c26-20-7-4-18(5-8-20)19-6-9-23-22(17-19)28-24(32-23)3-1-2-14-29-15-16-30(25(29)31)21-10-12-27-13-11-21/h4-13,17H,1-3,14-16H2. The highest BCUT2D eigenvalue weighted by atomic mass is 35.5. The number of urea groups is 1. The lowest BCUT2D eigenvalue weighted by Gasteiger charge is -2.18. The monoisotopic (exact) mass is 446 g/mol. The molecule has 7 heteroatoms. The van der Waals surface area contributed by atoms with Gasteiger partial charge in [-0.15, -0.1) is 0 Å². The molecule has 0 bridgehead atoms. The summed E-state index contributed by atoms with van der Waals surface area (Å²) < 4.78 is 5.92. The van der Waals surface area contributed by atoms with Gasteiger partial charge in [0.05, 0.1) is 0 Å². The minimum atomic E-state index is 0.0628. The maximum Gasteiger partial charge on any atom is 0.324 e. The van der Waals surface area contributed by atoms with Gasteiger partial charge in [0.25, 0.3) is 0 Å². The predicted molar refractivity (Wildman–Crippen MR) is 126 cm³/mol. The topological polar surface area (TPSA) is 62.5 Å². The summed E-state index contributed by atoms with van der Waals surface area (Å²) in [5, 5.41) is 0.722. The number of carbonyl (C=O) groups excluding carboxylic acids is 1. The zero-order chi connectivity index (χ0) is 21.9. The molecular weight excluding hydrogens is 424 g/mol. The van der Waals surface area contributed by atoms with Crippen LogP contribution in [-0.4, -0.2) is 40.5 Å². The minimum absolute atomic E-state index is 0.0628. The van der Waals surface area contributed by atoms with Gasteiger partial charge < -0.3 is 9.32 Å². The molecule has 6 nitrogen and oxygen atoms in total. The van der Waals surface area contributed by atoms with E-state index in [-0.39, 0.29) is 6.03 Å². The number of pyridine rings is 1. The molecule has 5 rings (SSSR count). The van der Waals surface area contributed by atoms with Crippen molar-refractivity contribution in [3.63, 3.8) is 0 Å². The number of hydrogen-bond acceptors (Lipinski definition) is 4. The number of nitrogens with zero attached hydrogens (tertiary/aromatic N) is 4. The Morgan fingerprint density at radius 1 is 0.938 bits per heavy atom. The summed E-state index contributed by atoms with van der Waals surface area (Å²) >= 11 is 5.99. The lowest BCUT2D eigenvalue weighted by molar-refractivity contribution is 0.219. The molecule has 0 atom stereocenters. The highest BCUT2D eigenvalue weighted by Gasteiger charge is 2.28. The molecule has 1 fully saturated rings. The van der Waals surface area contributed by atoms with Crippen LogP contribution in [0.25, 0.3) is 22.2 Å². The molecule has 4 aromatic rings. The van der Waals surface area contributed by atoms with Gasteiger partial charge in [-0.1, -0.05) is 29.8 Å². The fourth-order valence-electron chi connectivity index (χ4n) is 4.04. The number of aromatic nitrogens is 2. The number of anilines is 1. The lowest BCUT2D eigenvalue weighted by atomic mass is 10.1. The smallest absolute Gasteiger partial charge is 0.324 e. The SMILES string of the molecule is O=C1N(CCCCc2nc3cc(-c4ccc(Cl)cc4)ccc3o2)CCN1c1ccncc1. The number of carbonyl (C=O) groups is 1. The van der Waals surface area contributed by atoms with Crippen LogP contribution in [0.1, 0.15) is 18.7 Å². The third kappa shape index (κ3) is 4.32. The second kappa shape index (κ2) is 9.01. The maximum atomic E-state index is 12.6. The predicted octanol–water partition coefficient (Wildman–Crippen LogP) is 5.81. The first kappa shape index (κ1) is 20.5. The van der Waals surface area contributed by atoms with Gasteiger partial charge in [0.15, 0.2) is 11.5 Å². The van der Waals surface area contributed by atoms with Crippen LogP contribution in [0.15, 0.2) is 71.4 Å². The Labute approximate surface area is 191 Å². The number of oxazole rings is 1. The fourth-order valence-corrected chi connectivity index (χ4v) is 4.16. The summed E-state index contributed by atoms with van der Waals surface area (Å²) in [5.74, 6) is 0.736. The average Bonchev–Trinajstić information content (AvgIpc) is 3.40. The maximum absolute atomic E-state index is 12.6. The lowest BCUT2D eigenvalue weighted by Crippen LogP contribution is -2.32. The van der Waals surface area contributed by atoms with E-state index in [0.717, 1.165) is 71.2 Å². The summed E-state index contributed by atoms with van der Waals surface area (Å²) in [5.41, 5.74) is 4.73. The van der Waals surface area contributed by atoms with Crippen LogP contribution in [0.5, 0.6) is 0 Å². The highest BCUT2D eigenvalue weighted by Crippen LogP contribution is 2.26. The first-order chi connectivity index (χ1) is 15.7. The largest absolute Gasteiger partial charge is 0.441 e. The van der Waals surface area contributed by atoms with Crippen molar-refractivity contribution in [1.29, 1.82) is 0 Å². The molecule has 2 aromatic heterocycles. The van der Waals surface area contributed by atoms with Crippen molar-refractivity contribution >= 4 is 34.4 Å². The van der Waals surface area contributed by atoms with Gasteiger partial charge in [0.1, 0.15) is 5.52 Å². The molecule has 0 spiro atoms. The van der Waals surface area contributed by atoms with Crippen LogP contribution in [0.3, 0.4) is 0 Å². The number of aryl methyl sites for hydroxylation is 1. The number of unbranched alkanes of at least 4 members (excludes halogenated alkanes) is 1. The number of benzene rings is 2. The van der Waals surface area contributed by atoms with Gasteiger partial charge in [0.2, 0.25) is 0 Å². The second-order valence-electron chi connectivity index (χ2n) is 7.88. The van der Waals surface area contributed by atoms with E-state index in [2.05, 4.69) is 9.97 Å². The Balaban J connectivity index is 1.16. The number of fused-ring (bicyclic) bond motifs is 1. The first-order valence-corrected chi connectivity index (χ1v) is 11.2. The van der Waals surface area contributed by atoms with Crippen molar-refractivity contribution in [3.8, 4) is 11.1 Å². The first-order valence-electron chi connectivity index (χ1n) is 10.8. The van der Waals surface area contributed by atoms with Crippen LogP contribution >= 0.6 is 11.6 Å². The van der Waals surface area contributed by atoms with Gasteiger partial charge in [0, 0.05) is 49.2 Å². The van der Waals surface area contributed by atoms with Crippen molar-refractivity contribution in [3.05, 3.63) is 77.9 Å². The number of rotatable bonds is 7. The Bertz CT molecular complexity index is 1220. The van der Waals surface area contributed by atoms with Gasteiger partial charge >= 0.3 is 6.03 Å². The van der Waals surface area contributed by atoms with E-state index in [1.807, 2.05) is 59.5 Å². The molecule has 0 radical (unpaired) electrons. The molecule has 162 valence electrons. The van der Waals surface area contributed by atoms with E-state index < -0.39 is 0 Å². The summed E-state index contributed by atoms with van der Waals surface area (Å²) in [6.07, 6.45) is 6.00. The van der Waals surface area contributed by atoms with Crippen LogP contribution < -0.4 is 4.90 Å². The summed E-state index contributed by atoms with van der Waals surface area (Å²) in [7, 11) is 0. The molecule has 1 saturated heterocycles. The summed E-state index contributed by atoms with van der Waals surface area (Å²) in [6, 6.07) is 17.6. The number of amides is 2. The average molecular weight is 447 g/mol. The molecule has 3 heterocycles. The molecule has 0 N–H and O–H groups in total. The normalized spacial score (nSPS) is 14.0. The summed E-state index contributed by atoms with van der Waals surface area (Å²) in [6.45, 7) is 2.20. The van der Waals surface area contributed by atoms with Gasteiger partial charge in [-0.25, -0.2) is 9.78 Å². The van der Waals surface area contributed by atoms with E-state index >= 15 is 0 Å². The third-order valence-corrected chi connectivity index (χ3v) is 6.00. The van der Waals surface area contributed by atoms with E-state index in [4.69, 9.17) is 16.0 Å². The molecule has 1 aliphatic rings. The highest BCUT2D eigenvalue weighted by molar-refractivity contribution is 6.30.